The van der Waals surface area contributed by atoms with Crippen LogP contribution in [0.4, 0.5) is 0 Å². The third-order valence-electron chi connectivity index (χ3n) is 2.93. The molecule has 0 spiro atoms. The molecule has 0 unspecified atom stereocenters. The first-order valence-electron chi connectivity index (χ1n) is 5.72. The molecule has 0 saturated carbocycles. The van der Waals surface area contributed by atoms with E-state index < -0.39 is 0 Å². The average molecular weight is 222 g/mol. The molecule has 1 aromatic heterocycles. The van der Waals surface area contributed by atoms with Crippen molar-refractivity contribution >= 4 is 0 Å². The van der Waals surface area contributed by atoms with Crippen molar-refractivity contribution in [1.29, 1.82) is 0 Å². The van der Waals surface area contributed by atoms with Gasteiger partial charge in [0.25, 0.3) is 0 Å². The highest BCUT2D eigenvalue weighted by atomic mass is 16.5. The predicted molar refractivity (Wildman–Crippen MR) is 67.4 cm³/mol. The molecule has 0 atom stereocenters. The number of ether oxygens (including phenoxy) is 1. The molecule has 0 aromatic carbocycles. The van der Waals surface area contributed by atoms with Crippen LogP contribution >= 0.6 is 0 Å². The predicted octanol–water partition coefficient (Wildman–Crippen LogP) is 2.28. The topological polar surface area (TPSA) is 26.2 Å². The maximum absolute atomic E-state index is 5.05. The van der Waals surface area contributed by atoms with Gasteiger partial charge in [0.2, 0.25) is 0 Å². The standard InChI is InChI=1S/C13H22N2O/c1-5-16-8-6-7-14-10-13-9-11(2)15(4)12(13)3/h5,9,14H,1,6-8,10H2,2-4H3. The molecule has 0 aliphatic heterocycles. The van der Waals surface area contributed by atoms with Crippen molar-refractivity contribution in [3.05, 3.63) is 35.9 Å². The van der Waals surface area contributed by atoms with Crippen molar-refractivity contribution in [3.8, 4) is 0 Å². The zero-order valence-electron chi connectivity index (χ0n) is 10.5. The van der Waals surface area contributed by atoms with Crippen LogP contribution in [-0.4, -0.2) is 17.7 Å². The van der Waals surface area contributed by atoms with E-state index in [9.17, 15) is 0 Å². The summed E-state index contributed by atoms with van der Waals surface area (Å²) in [5.74, 6) is 0. The number of rotatable bonds is 7. The van der Waals surface area contributed by atoms with E-state index in [1.54, 1.807) is 0 Å². The third-order valence-corrected chi connectivity index (χ3v) is 2.93. The minimum Gasteiger partial charge on any atom is -0.502 e. The molecule has 16 heavy (non-hydrogen) atoms. The van der Waals surface area contributed by atoms with Crippen molar-refractivity contribution in [1.82, 2.24) is 9.88 Å². The van der Waals surface area contributed by atoms with Gasteiger partial charge in [-0.15, -0.1) is 0 Å². The minimum absolute atomic E-state index is 0.739. The van der Waals surface area contributed by atoms with Crippen LogP contribution in [0.2, 0.25) is 0 Å². The molecule has 3 heteroatoms. The molecule has 0 amide bonds. The SMILES string of the molecule is C=COCCCNCc1cc(C)n(C)c1C. The van der Waals surface area contributed by atoms with E-state index in [0.29, 0.717) is 0 Å². The number of nitrogens with zero attached hydrogens (tertiary/aromatic N) is 1. The Kier molecular flexibility index (Phi) is 5.12. The largest absolute Gasteiger partial charge is 0.502 e. The molecule has 3 nitrogen and oxygen atoms in total. The van der Waals surface area contributed by atoms with Crippen LogP contribution in [0.3, 0.4) is 0 Å². The Hall–Kier alpha value is -1.22. The summed E-state index contributed by atoms with van der Waals surface area (Å²) < 4.78 is 7.27. The van der Waals surface area contributed by atoms with Crippen molar-refractivity contribution < 1.29 is 4.74 Å². The van der Waals surface area contributed by atoms with Gasteiger partial charge in [0.05, 0.1) is 12.9 Å². The van der Waals surface area contributed by atoms with Crippen LogP contribution in [0.15, 0.2) is 18.9 Å². The minimum atomic E-state index is 0.739. The molecule has 90 valence electrons. The van der Waals surface area contributed by atoms with Gasteiger partial charge in [-0.1, -0.05) is 6.58 Å². The Balaban J connectivity index is 2.27. The van der Waals surface area contributed by atoms with Gasteiger partial charge in [-0.3, -0.25) is 0 Å². The summed E-state index contributed by atoms with van der Waals surface area (Å²) in [6.45, 7) is 10.4. The lowest BCUT2D eigenvalue weighted by molar-refractivity contribution is 0.244. The van der Waals surface area contributed by atoms with E-state index in [-0.39, 0.29) is 0 Å². The van der Waals surface area contributed by atoms with Gasteiger partial charge in [0, 0.05) is 25.0 Å². The molecule has 1 heterocycles. The van der Waals surface area contributed by atoms with Crippen LogP contribution in [0.25, 0.3) is 0 Å². The lowest BCUT2D eigenvalue weighted by atomic mass is 10.2. The molecule has 0 aliphatic carbocycles. The normalized spacial score (nSPS) is 10.4. The maximum atomic E-state index is 5.05. The Morgan fingerprint density at radius 2 is 2.25 bits per heavy atom. The molecule has 0 radical (unpaired) electrons. The Morgan fingerprint density at radius 1 is 1.50 bits per heavy atom. The smallest absolute Gasteiger partial charge is 0.0885 e. The molecule has 1 aromatic rings. The number of aryl methyl sites for hydroxylation is 1. The fourth-order valence-electron chi connectivity index (χ4n) is 1.70. The lowest BCUT2D eigenvalue weighted by Gasteiger charge is -2.05. The first kappa shape index (κ1) is 12.8. The molecule has 1 N–H and O–H groups in total. The van der Waals surface area contributed by atoms with Crippen molar-refractivity contribution in [2.24, 2.45) is 7.05 Å². The zero-order valence-corrected chi connectivity index (χ0v) is 10.5. The molecule has 0 saturated heterocycles. The van der Waals surface area contributed by atoms with Crippen LogP contribution in [0.5, 0.6) is 0 Å². The quantitative estimate of drug-likeness (QED) is 0.566. The van der Waals surface area contributed by atoms with E-state index in [4.69, 9.17) is 4.74 Å². The van der Waals surface area contributed by atoms with Gasteiger partial charge in [-0.05, 0) is 38.4 Å². The highest BCUT2D eigenvalue weighted by Crippen LogP contribution is 2.12. The fraction of sp³-hybridized carbons (Fsp3) is 0.538. The Labute approximate surface area is 98.1 Å². The molecule has 1 rings (SSSR count). The van der Waals surface area contributed by atoms with Gasteiger partial charge in [-0.25, -0.2) is 0 Å². The molecule has 0 bridgehead atoms. The third kappa shape index (κ3) is 3.42. The van der Waals surface area contributed by atoms with Crippen LogP contribution in [-0.2, 0) is 18.3 Å². The first-order valence-corrected chi connectivity index (χ1v) is 5.72. The zero-order chi connectivity index (χ0) is 12.0. The molecular formula is C13H22N2O. The summed E-state index contributed by atoms with van der Waals surface area (Å²) in [5.41, 5.74) is 4.03. The molecular weight excluding hydrogens is 200 g/mol. The van der Waals surface area contributed by atoms with E-state index in [0.717, 1.165) is 26.1 Å². The van der Waals surface area contributed by atoms with Gasteiger partial charge in [0.1, 0.15) is 0 Å². The van der Waals surface area contributed by atoms with Gasteiger partial charge < -0.3 is 14.6 Å². The summed E-state index contributed by atoms with van der Waals surface area (Å²) >= 11 is 0. The average Bonchev–Trinajstić information content (AvgIpc) is 2.51. The highest BCUT2D eigenvalue weighted by Gasteiger charge is 2.04. The number of hydrogen-bond donors (Lipinski definition) is 1. The van der Waals surface area contributed by atoms with Gasteiger partial charge in [-0.2, -0.15) is 0 Å². The second kappa shape index (κ2) is 6.38. The second-order valence-corrected chi connectivity index (χ2v) is 4.02. The monoisotopic (exact) mass is 222 g/mol. The number of hydrogen-bond acceptors (Lipinski definition) is 2. The van der Waals surface area contributed by atoms with Crippen LogP contribution in [0, 0.1) is 13.8 Å². The number of aromatic nitrogens is 1. The van der Waals surface area contributed by atoms with Crippen LogP contribution in [0.1, 0.15) is 23.4 Å². The first-order chi connectivity index (χ1) is 7.66. The molecule has 0 fully saturated rings. The lowest BCUT2D eigenvalue weighted by Crippen LogP contribution is -2.16. The van der Waals surface area contributed by atoms with E-state index in [1.165, 1.54) is 23.2 Å². The van der Waals surface area contributed by atoms with Gasteiger partial charge in [0.15, 0.2) is 0 Å². The second-order valence-electron chi connectivity index (χ2n) is 4.02. The summed E-state index contributed by atoms with van der Waals surface area (Å²) in [4.78, 5) is 0. The van der Waals surface area contributed by atoms with Gasteiger partial charge >= 0.3 is 0 Å². The van der Waals surface area contributed by atoms with Crippen molar-refractivity contribution in [2.75, 3.05) is 13.2 Å². The van der Waals surface area contributed by atoms with Crippen LogP contribution < -0.4 is 5.32 Å². The summed E-state index contributed by atoms with van der Waals surface area (Å²) in [6.07, 6.45) is 2.50. The fourth-order valence-corrected chi connectivity index (χ4v) is 1.70. The number of nitrogens with one attached hydrogen (secondary N) is 1. The summed E-state index contributed by atoms with van der Waals surface area (Å²) in [7, 11) is 2.10. The highest BCUT2D eigenvalue weighted by molar-refractivity contribution is 5.26. The van der Waals surface area contributed by atoms with E-state index in [1.807, 2.05) is 0 Å². The summed E-state index contributed by atoms with van der Waals surface area (Å²) in [6, 6.07) is 2.24. The van der Waals surface area contributed by atoms with E-state index >= 15 is 0 Å². The van der Waals surface area contributed by atoms with E-state index in [2.05, 4.69) is 43.4 Å². The Bertz CT molecular complexity index is 342. The molecule has 0 aliphatic rings. The van der Waals surface area contributed by atoms with Crippen molar-refractivity contribution in [2.45, 2.75) is 26.8 Å². The summed E-state index contributed by atoms with van der Waals surface area (Å²) in [5, 5.41) is 3.41. The Morgan fingerprint density at radius 3 is 2.81 bits per heavy atom. The maximum Gasteiger partial charge on any atom is 0.0885 e. The van der Waals surface area contributed by atoms with Crippen molar-refractivity contribution in [3.63, 3.8) is 0 Å².